The van der Waals surface area contributed by atoms with E-state index in [1.165, 1.54) is 12.1 Å². The highest BCUT2D eigenvalue weighted by Crippen LogP contribution is 2.28. The number of hydrogen-bond acceptors (Lipinski definition) is 4. The average molecular weight is 460 g/mol. The van der Waals surface area contributed by atoms with Gasteiger partial charge in [0.25, 0.3) is 0 Å². The normalized spacial score (nSPS) is 15.6. The second kappa shape index (κ2) is 10.4. The number of furan rings is 1. The molecule has 1 aliphatic rings. The third-order valence-electron chi connectivity index (χ3n) is 5.68. The Bertz CT molecular complexity index is 1020. The van der Waals surface area contributed by atoms with Crippen LogP contribution >= 0.6 is 12.2 Å². The third-order valence-corrected chi connectivity index (χ3v) is 6.01. The van der Waals surface area contributed by atoms with E-state index in [-0.39, 0.29) is 11.7 Å². The molecule has 0 bridgehead atoms. The van der Waals surface area contributed by atoms with Crippen LogP contribution in [0.1, 0.15) is 25.1 Å². The zero-order valence-corrected chi connectivity index (χ0v) is 18.8. The summed E-state index contributed by atoms with van der Waals surface area (Å²) < 4.78 is 38.8. The van der Waals surface area contributed by atoms with Crippen LogP contribution in [-0.4, -0.2) is 54.3 Å². The van der Waals surface area contributed by atoms with Crippen molar-refractivity contribution in [2.45, 2.75) is 19.4 Å². The van der Waals surface area contributed by atoms with Gasteiger partial charge in [0.1, 0.15) is 23.0 Å². The van der Waals surface area contributed by atoms with Crippen molar-refractivity contribution in [1.82, 2.24) is 9.80 Å². The molecule has 0 radical (unpaired) electrons. The van der Waals surface area contributed by atoms with Crippen LogP contribution in [-0.2, 0) is 4.74 Å². The van der Waals surface area contributed by atoms with E-state index in [9.17, 15) is 8.78 Å². The number of morpholine rings is 1. The van der Waals surface area contributed by atoms with Gasteiger partial charge < -0.3 is 19.4 Å². The summed E-state index contributed by atoms with van der Waals surface area (Å²) in [5.74, 6) is -0.522. The molecule has 1 aromatic heterocycles. The zero-order chi connectivity index (χ0) is 22.5. The monoisotopic (exact) mass is 459 g/mol. The number of rotatable bonds is 7. The van der Waals surface area contributed by atoms with Crippen LogP contribution in [0.5, 0.6) is 0 Å². The van der Waals surface area contributed by atoms with Gasteiger partial charge in [-0.25, -0.2) is 8.78 Å². The molecule has 0 aliphatic carbocycles. The standard InChI is InChI=1S/C24H27F2N3O2S/c1-17(23-13-18-5-2-3-6-22(18)31-23)29(8-4-7-28-9-11-30-12-10-28)24(32)27-21-15-19(25)14-20(26)16-21/h2-3,5-6,13-17H,4,7-12H2,1H3,(H,27,32)/t17-/m0/s1. The van der Waals surface area contributed by atoms with E-state index in [0.717, 1.165) is 62.1 Å². The molecule has 8 heteroatoms. The van der Waals surface area contributed by atoms with Gasteiger partial charge in [-0.2, -0.15) is 0 Å². The summed E-state index contributed by atoms with van der Waals surface area (Å²) >= 11 is 5.67. The fourth-order valence-corrected chi connectivity index (χ4v) is 4.31. The van der Waals surface area contributed by atoms with E-state index in [4.69, 9.17) is 21.4 Å². The van der Waals surface area contributed by atoms with Gasteiger partial charge in [-0.05, 0) is 49.8 Å². The van der Waals surface area contributed by atoms with E-state index < -0.39 is 11.6 Å². The minimum Gasteiger partial charge on any atom is -0.459 e. The first kappa shape index (κ1) is 22.6. The van der Waals surface area contributed by atoms with Crippen LogP contribution in [0, 0.1) is 11.6 Å². The Labute approximate surface area is 191 Å². The van der Waals surface area contributed by atoms with E-state index in [1.54, 1.807) is 0 Å². The lowest BCUT2D eigenvalue weighted by Gasteiger charge is -2.32. The van der Waals surface area contributed by atoms with Gasteiger partial charge in [0, 0.05) is 43.3 Å². The first-order valence-electron chi connectivity index (χ1n) is 10.8. The van der Waals surface area contributed by atoms with Crippen molar-refractivity contribution in [2.24, 2.45) is 0 Å². The van der Waals surface area contributed by atoms with Crippen LogP contribution in [0.4, 0.5) is 14.5 Å². The topological polar surface area (TPSA) is 40.9 Å². The molecule has 3 aromatic rings. The summed E-state index contributed by atoms with van der Waals surface area (Å²) in [6, 6.07) is 13.0. The van der Waals surface area contributed by atoms with Crippen LogP contribution in [0.15, 0.2) is 52.9 Å². The molecule has 32 heavy (non-hydrogen) atoms. The highest BCUT2D eigenvalue weighted by atomic mass is 32.1. The summed E-state index contributed by atoms with van der Waals surface area (Å²) in [6.07, 6.45) is 0.879. The van der Waals surface area contributed by atoms with E-state index in [1.807, 2.05) is 42.2 Å². The lowest BCUT2D eigenvalue weighted by atomic mass is 10.2. The SMILES string of the molecule is C[C@@H](c1cc2ccccc2o1)N(CCCN1CCOCC1)C(=S)Nc1cc(F)cc(F)c1. The molecule has 0 saturated carbocycles. The Morgan fingerprint density at radius 3 is 2.56 bits per heavy atom. The maximum atomic E-state index is 13.7. The quantitative estimate of drug-likeness (QED) is 0.490. The van der Waals surface area contributed by atoms with Gasteiger partial charge >= 0.3 is 0 Å². The average Bonchev–Trinajstić information content (AvgIpc) is 3.20. The minimum atomic E-state index is -0.653. The Balaban J connectivity index is 1.51. The molecule has 1 aliphatic heterocycles. The molecule has 1 atom stereocenters. The van der Waals surface area contributed by atoms with E-state index >= 15 is 0 Å². The maximum absolute atomic E-state index is 13.7. The van der Waals surface area contributed by atoms with E-state index in [2.05, 4.69) is 10.2 Å². The van der Waals surface area contributed by atoms with Crippen molar-refractivity contribution in [3.8, 4) is 0 Å². The Morgan fingerprint density at radius 2 is 1.84 bits per heavy atom. The summed E-state index contributed by atoms with van der Waals surface area (Å²) in [6.45, 7) is 6.96. The molecule has 0 spiro atoms. The zero-order valence-electron chi connectivity index (χ0n) is 18.0. The molecule has 4 rings (SSSR count). The number of fused-ring (bicyclic) bond motifs is 1. The molecular weight excluding hydrogens is 432 g/mol. The van der Waals surface area contributed by atoms with Gasteiger partial charge in [-0.3, -0.25) is 4.90 Å². The Morgan fingerprint density at radius 1 is 1.12 bits per heavy atom. The highest BCUT2D eigenvalue weighted by molar-refractivity contribution is 7.80. The smallest absolute Gasteiger partial charge is 0.174 e. The molecule has 1 N–H and O–H groups in total. The lowest BCUT2D eigenvalue weighted by molar-refractivity contribution is 0.0365. The first-order valence-corrected chi connectivity index (χ1v) is 11.2. The van der Waals surface area contributed by atoms with Crippen LogP contribution in [0.25, 0.3) is 11.0 Å². The lowest BCUT2D eigenvalue weighted by Crippen LogP contribution is -2.41. The third kappa shape index (κ3) is 5.62. The number of anilines is 1. The summed E-state index contributed by atoms with van der Waals surface area (Å²) in [5.41, 5.74) is 1.09. The molecular formula is C24H27F2N3O2S. The number of halogens is 2. The van der Waals surface area contributed by atoms with Gasteiger partial charge in [0.15, 0.2) is 5.11 Å². The van der Waals surface area contributed by atoms with E-state index in [0.29, 0.717) is 11.7 Å². The maximum Gasteiger partial charge on any atom is 0.174 e. The number of benzene rings is 2. The van der Waals surface area contributed by atoms with Gasteiger partial charge in [0.2, 0.25) is 0 Å². The molecule has 2 heterocycles. The summed E-state index contributed by atoms with van der Waals surface area (Å²) in [7, 11) is 0. The summed E-state index contributed by atoms with van der Waals surface area (Å²) in [5, 5.41) is 4.41. The second-order valence-corrected chi connectivity index (χ2v) is 8.34. The largest absolute Gasteiger partial charge is 0.459 e. The molecule has 0 amide bonds. The Kier molecular flexibility index (Phi) is 7.34. The van der Waals surface area contributed by atoms with Gasteiger partial charge in [-0.1, -0.05) is 18.2 Å². The minimum absolute atomic E-state index is 0.162. The molecule has 5 nitrogen and oxygen atoms in total. The van der Waals surface area contributed by atoms with Crippen molar-refractivity contribution in [2.75, 3.05) is 44.7 Å². The predicted octanol–water partition coefficient (Wildman–Crippen LogP) is 5.19. The molecule has 170 valence electrons. The van der Waals surface area contributed by atoms with Crippen molar-refractivity contribution in [3.63, 3.8) is 0 Å². The number of hydrogen-bond donors (Lipinski definition) is 1. The fraction of sp³-hybridized carbons (Fsp3) is 0.375. The Hall–Kier alpha value is -2.55. The predicted molar refractivity (Wildman–Crippen MR) is 126 cm³/mol. The van der Waals surface area contributed by atoms with Gasteiger partial charge in [-0.15, -0.1) is 0 Å². The van der Waals surface area contributed by atoms with Crippen molar-refractivity contribution in [3.05, 3.63) is 65.9 Å². The second-order valence-electron chi connectivity index (χ2n) is 7.95. The molecule has 1 saturated heterocycles. The van der Waals surface area contributed by atoms with Crippen molar-refractivity contribution < 1.29 is 17.9 Å². The molecule has 0 unspecified atom stereocenters. The first-order chi connectivity index (χ1) is 15.5. The van der Waals surface area contributed by atoms with Crippen molar-refractivity contribution in [1.29, 1.82) is 0 Å². The molecule has 2 aromatic carbocycles. The fourth-order valence-electron chi connectivity index (χ4n) is 3.94. The molecule has 1 fully saturated rings. The van der Waals surface area contributed by atoms with Crippen LogP contribution in [0.3, 0.4) is 0 Å². The number of nitrogens with zero attached hydrogens (tertiary/aromatic N) is 2. The summed E-state index contributed by atoms with van der Waals surface area (Å²) in [4.78, 5) is 4.38. The van der Waals surface area contributed by atoms with Gasteiger partial charge in [0.05, 0.1) is 19.3 Å². The highest BCUT2D eigenvalue weighted by Gasteiger charge is 2.23. The number of thiocarbonyl (C=S) groups is 1. The van der Waals surface area contributed by atoms with Crippen LogP contribution < -0.4 is 5.32 Å². The van der Waals surface area contributed by atoms with Crippen LogP contribution in [0.2, 0.25) is 0 Å². The number of para-hydroxylation sites is 1. The van der Waals surface area contributed by atoms with Crippen molar-refractivity contribution >= 4 is 34.0 Å². The number of ether oxygens (including phenoxy) is 1. The number of nitrogens with one attached hydrogen (secondary N) is 1.